The molecule has 0 aliphatic carbocycles. The summed E-state index contributed by atoms with van der Waals surface area (Å²) in [4.78, 5) is 22.5. The summed E-state index contributed by atoms with van der Waals surface area (Å²) < 4.78 is 33.2. The number of rotatable bonds is 39. The zero-order valence-electron chi connectivity index (χ0n) is 33.6. The van der Waals surface area contributed by atoms with Gasteiger partial charge in [0.1, 0.15) is 6.10 Å². The number of aliphatic hydroxyl groups is 1. The number of hydrogen-bond donors (Lipinski definition) is 3. The van der Waals surface area contributed by atoms with E-state index in [2.05, 4.69) is 50.3 Å². The minimum Gasteiger partial charge on any atom is -0.457 e. The maximum Gasteiger partial charge on any atom is 0.472 e. The Morgan fingerprint density at radius 2 is 1.19 bits per heavy atom. The van der Waals surface area contributed by atoms with Crippen LogP contribution in [0.4, 0.5) is 0 Å². The molecule has 0 radical (unpaired) electrons. The molecule has 3 atom stereocenters. The second-order valence-electron chi connectivity index (χ2n) is 13.7. The smallest absolute Gasteiger partial charge is 0.457 e. The zero-order valence-corrected chi connectivity index (χ0v) is 34.5. The van der Waals surface area contributed by atoms with E-state index in [1.54, 1.807) is 12.2 Å². The van der Waals surface area contributed by atoms with Gasteiger partial charge in [0, 0.05) is 19.6 Å². The fourth-order valence-corrected chi connectivity index (χ4v) is 6.26. The average Bonchev–Trinajstić information content (AvgIpc) is 3.14. The van der Waals surface area contributed by atoms with E-state index in [4.69, 9.17) is 24.3 Å². The molecule has 0 aromatic carbocycles. The molecule has 0 aromatic heterocycles. The van der Waals surface area contributed by atoms with Crippen molar-refractivity contribution >= 4 is 13.8 Å². The van der Waals surface area contributed by atoms with Crippen LogP contribution in [0, 0.1) is 0 Å². The molecule has 53 heavy (non-hydrogen) atoms. The molecule has 308 valence electrons. The number of allylic oxidation sites excluding steroid dienone is 9. The second kappa shape index (κ2) is 39.8. The summed E-state index contributed by atoms with van der Waals surface area (Å²) in [6, 6.07) is 0. The standard InChI is InChI=1S/C43H78NO8P/c1-3-5-7-9-11-13-15-17-18-19-21-23-25-27-29-31-37-49-39-42(40-51-53(47,48)50-38-36-44)52-43(46)35-32-34-41(45)33-30-28-26-24-22-20-16-14-12-10-8-6-4-2/h6,8,12,14,20,22,26,28,30,33,41-42,45H,3-5,7,9-11,13,15-19,21,23-25,27,29,31-32,34-40,44H2,1-2H3,(H,47,48)/b8-6-,14-12-,22-20-,28-26-,33-30+. The van der Waals surface area contributed by atoms with E-state index >= 15 is 0 Å². The maximum absolute atomic E-state index is 12.6. The van der Waals surface area contributed by atoms with Crippen LogP contribution in [-0.2, 0) is 27.9 Å². The van der Waals surface area contributed by atoms with Gasteiger partial charge in [0.2, 0.25) is 0 Å². The molecule has 0 aliphatic rings. The fourth-order valence-electron chi connectivity index (χ4n) is 5.50. The number of phosphoric acid groups is 1. The molecule has 0 bridgehead atoms. The van der Waals surface area contributed by atoms with Crippen LogP contribution in [0.1, 0.15) is 162 Å². The van der Waals surface area contributed by atoms with Crippen molar-refractivity contribution in [2.24, 2.45) is 5.73 Å². The molecule has 0 aliphatic heterocycles. The number of unbranched alkanes of at least 4 members (excludes halogenated alkanes) is 15. The van der Waals surface area contributed by atoms with Crippen LogP contribution in [0.15, 0.2) is 60.8 Å². The highest BCUT2D eigenvalue weighted by Crippen LogP contribution is 2.43. The number of carbonyl (C=O) groups is 1. The third-order valence-corrected chi connectivity index (χ3v) is 9.54. The Morgan fingerprint density at radius 1 is 0.660 bits per heavy atom. The molecule has 0 aromatic rings. The van der Waals surface area contributed by atoms with E-state index in [9.17, 15) is 19.4 Å². The molecule has 10 heteroatoms. The minimum absolute atomic E-state index is 0.0433. The van der Waals surface area contributed by atoms with Crippen molar-refractivity contribution in [2.45, 2.75) is 174 Å². The first-order valence-electron chi connectivity index (χ1n) is 20.9. The van der Waals surface area contributed by atoms with Gasteiger partial charge >= 0.3 is 13.8 Å². The molecular weight excluding hydrogens is 689 g/mol. The quantitative estimate of drug-likeness (QED) is 0.0183. The lowest BCUT2D eigenvalue weighted by Crippen LogP contribution is -2.28. The van der Waals surface area contributed by atoms with Gasteiger partial charge in [0.25, 0.3) is 0 Å². The Hall–Kier alpha value is -1.84. The highest BCUT2D eigenvalue weighted by molar-refractivity contribution is 7.47. The SMILES string of the molecule is CC/C=C\C/C=C\C/C=C\C/C=C\C=C\C(O)CCCC(=O)OC(COCCCCCCCCCCCCCCCCCC)COP(=O)(O)OCCN. The highest BCUT2D eigenvalue weighted by atomic mass is 31.2. The third kappa shape index (κ3) is 39.7. The van der Waals surface area contributed by atoms with Gasteiger partial charge in [0.15, 0.2) is 0 Å². The molecule has 0 heterocycles. The van der Waals surface area contributed by atoms with Gasteiger partial charge in [-0.05, 0) is 44.9 Å². The number of carbonyl (C=O) groups excluding carboxylic acids is 1. The predicted octanol–water partition coefficient (Wildman–Crippen LogP) is 11.2. The van der Waals surface area contributed by atoms with E-state index in [1.807, 2.05) is 12.2 Å². The lowest BCUT2D eigenvalue weighted by molar-refractivity contribution is -0.154. The van der Waals surface area contributed by atoms with E-state index in [1.165, 1.54) is 89.9 Å². The monoisotopic (exact) mass is 768 g/mol. The van der Waals surface area contributed by atoms with Gasteiger partial charge in [-0.1, -0.05) is 171 Å². The molecule has 0 spiro atoms. The van der Waals surface area contributed by atoms with Crippen molar-refractivity contribution in [3.63, 3.8) is 0 Å². The van der Waals surface area contributed by atoms with E-state index in [0.717, 1.165) is 38.5 Å². The Kier molecular flexibility index (Phi) is 38.5. The van der Waals surface area contributed by atoms with Gasteiger partial charge < -0.3 is 25.2 Å². The number of nitrogens with two attached hydrogens (primary N) is 1. The molecule has 9 nitrogen and oxygen atoms in total. The number of aliphatic hydroxyl groups excluding tert-OH is 1. The first-order valence-corrected chi connectivity index (χ1v) is 22.4. The van der Waals surface area contributed by atoms with Crippen molar-refractivity contribution in [2.75, 3.05) is 33.0 Å². The first-order chi connectivity index (χ1) is 25.8. The molecular formula is C43H78NO8P. The number of phosphoric ester groups is 1. The van der Waals surface area contributed by atoms with E-state index in [-0.39, 0.29) is 32.8 Å². The van der Waals surface area contributed by atoms with Crippen LogP contribution >= 0.6 is 7.82 Å². The molecule has 0 amide bonds. The Balaban J connectivity index is 4.25. The number of esters is 1. The average molecular weight is 768 g/mol. The maximum atomic E-state index is 12.6. The van der Waals surface area contributed by atoms with Gasteiger partial charge in [-0.25, -0.2) is 4.57 Å². The largest absolute Gasteiger partial charge is 0.472 e. The Bertz CT molecular complexity index is 1010. The number of ether oxygens (including phenoxy) is 2. The summed E-state index contributed by atoms with van der Waals surface area (Å²) in [7, 11) is -4.33. The summed E-state index contributed by atoms with van der Waals surface area (Å²) in [6.45, 7) is 4.53. The molecule has 0 saturated heterocycles. The highest BCUT2D eigenvalue weighted by Gasteiger charge is 2.25. The van der Waals surface area contributed by atoms with Crippen LogP contribution in [0.5, 0.6) is 0 Å². The summed E-state index contributed by atoms with van der Waals surface area (Å²) in [5, 5.41) is 10.3. The lowest BCUT2D eigenvalue weighted by Gasteiger charge is -2.20. The molecule has 0 saturated carbocycles. The number of hydrogen-bond acceptors (Lipinski definition) is 8. The van der Waals surface area contributed by atoms with Gasteiger partial charge in [-0.3, -0.25) is 13.8 Å². The summed E-state index contributed by atoms with van der Waals surface area (Å²) >= 11 is 0. The molecule has 0 fully saturated rings. The Labute approximate surface area is 324 Å². The van der Waals surface area contributed by atoms with Crippen LogP contribution in [-0.4, -0.2) is 61.1 Å². The van der Waals surface area contributed by atoms with Crippen molar-refractivity contribution in [3.8, 4) is 0 Å². The van der Waals surface area contributed by atoms with Gasteiger partial charge in [0.05, 0.1) is 25.9 Å². The van der Waals surface area contributed by atoms with Crippen LogP contribution < -0.4 is 5.73 Å². The zero-order chi connectivity index (χ0) is 38.9. The molecule has 3 unspecified atom stereocenters. The van der Waals surface area contributed by atoms with Crippen molar-refractivity contribution in [1.29, 1.82) is 0 Å². The van der Waals surface area contributed by atoms with Gasteiger partial charge in [-0.15, -0.1) is 0 Å². The minimum atomic E-state index is -4.33. The lowest BCUT2D eigenvalue weighted by atomic mass is 10.0. The molecule has 4 N–H and O–H groups in total. The van der Waals surface area contributed by atoms with Crippen LogP contribution in [0.25, 0.3) is 0 Å². The topological polar surface area (TPSA) is 138 Å². The van der Waals surface area contributed by atoms with Crippen LogP contribution in [0.2, 0.25) is 0 Å². The normalized spacial score (nSPS) is 14.7. The van der Waals surface area contributed by atoms with Crippen molar-refractivity contribution in [3.05, 3.63) is 60.8 Å². The second-order valence-corrected chi connectivity index (χ2v) is 15.1. The summed E-state index contributed by atoms with van der Waals surface area (Å²) in [5.41, 5.74) is 5.35. The molecule has 0 rings (SSSR count). The van der Waals surface area contributed by atoms with Crippen molar-refractivity contribution in [1.82, 2.24) is 0 Å². The van der Waals surface area contributed by atoms with Gasteiger partial charge in [-0.2, -0.15) is 0 Å². The fraction of sp³-hybridized carbons (Fsp3) is 0.744. The first kappa shape index (κ1) is 51.2. The van der Waals surface area contributed by atoms with E-state index in [0.29, 0.717) is 19.4 Å². The van der Waals surface area contributed by atoms with Crippen LogP contribution in [0.3, 0.4) is 0 Å². The third-order valence-electron chi connectivity index (χ3n) is 8.55. The summed E-state index contributed by atoms with van der Waals surface area (Å²) in [6.07, 6.45) is 44.1. The predicted molar refractivity (Wildman–Crippen MR) is 221 cm³/mol. The van der Waals surface area contributed by atoms with Crippen molar-refractivity contribution < 1.29 is 37.9 Å². The Morgan fingerprint density at radius 3 is 1.74 bits per heavy atom. The summed E-state index contributed by atoms with van der Waals surface area (Å²) in [5.74, 6) is -0.490. The van der Waals surface area contributed by atoms with E-state index < -0.39 is 26.0 Å².